The molecule has 0 radical (unpaired) electrons. The van der Waals surface area contributed by atoms with E-state index in [-0.39, 0.29) is 6.42 Å². The van der Waals surface area contributed by atoms with Crippen molar-refractivity contribution in [2.24, 2.45) is 5.41 Å². The predicted molar refractivity (Wildman–Crippen MR) is 122 cm³/mol. The van der Waals surface area contributed by atoms with Crippen LogP contribution in [0.15, 0.2) is 17.5 Å². The molecule has 0 saturated heterocycles. The summed E-state index contributed by atoms with van der Waals surface area (Å²) in [5.74, 6) is -0.868. The van der Waals surface area contributed by atoms with E-state index in [2.05, 4.69) is 13.0 Å². The van der Waals surface area contributed by atoms with Crippen molar-refractivity contribution in [3.8, 4) is 6.07 Å². The van der Waals surface area contributed by atoms with E-state index in [0.29, 0.717) is 12.8 Å². The van der Waals surface area contributed by atoms with E-state index in [0.717, 1.165) is 29.0 Å². The Bertz CT molecular complexity index is 607. The van der Waals surface area contributed by atoms with Crippen LogP contribution in [0.25, 0.3) is 0 Å². The molecule has 1 unspecified atom stereocenters. The Labute approximate surface area is 180 Å². The molecule has 0 fully saturated rings. The van der Waals surface area contributed by atoms with Crippen LogP contribution in [-0.2, 0) is 11.2 Å². The molecule has 1 rings (SSSR count). The predicted octanol–water partition coefficient (Wildman–Crippen LogP) is 7.35. The first-order valence-electron chi connectivity index (χ1n) is 10.7. The van der Waals surface area contributed by atoms with Crippen molar-refractivity contribution in [1.29, 1.82) is 5.26 Å². The van der Waals surface area contributed by atoms with Crippen LogP contribution in [0.1, 0.15) is 95.3 Å². The highest BCUT2D eigenvalue weighted by atomic mass is 32.1. The average Bonchev–Trinajstić information content (AvgIpc) is 3.19. The molecule has 0 aliphatic heterocycles. The molecule has 1 aromatic rings. The van der Waals surface area contributed by atoms with Gasteiger partial charge in [-0.15, -0.1) is 11.3 Å². The Hall–Kier alpha value is -1.25. The van der Waals surface area contributed by atoms with Gasteiger partial charge in [-0.2, -0.15) is 5.26 Å². The van der Waals surface area contributed by atoms with Crippen molar-refractivity contribution in [2.45, 2.75) is 96.8 Å². The summed E-state index contributed by atoms with van der Waals surface area (Å²) in [6, 6.07) is 6.36. The van der Waals surface area contributed by atoms with E-state index >= 15 is 0 Å². The first-order valence-corrected chi connectivity index (χ1v) is 12.0. The molecule has 0 aliphatic carbocycles. The summed E-state index contributed by atoms with van der Waals surface area (Å²) in [7, 11) is 0. The number of hydrogen-bond donors (Lipinski definition) is 1. The number of hydrogen-bond acceptors (Lipinski definition) is 4. The minimum absolute atomic E-state index is 0.0168. The van der Waals surface area contributed by atoms with Crippen molar-refractivity contribution < 1.29 is 9.90 Å². The van der Waals surface area contributed by atoms with Crippen LogP contribution in [0.3, 0.4) is 0 Å². The first-order chi connectivity index (χ1) is 13.5. The standard InChI is InChI=1S/C23H35NO2S2/c1-2-3-4-5-6-7-8-9-10-11-14-21(27)23(19-24,16-15-22(25)26)18-20-13-12-17-28-20/h12-13,17H,2-11,14-16,18H2,1H3,(H,25,26). The van der Waals surface area contributed by atoms with Gasteiger partial charge < -0.3 is 5.11 Å². The molecule has 0 aliphatic rings. The van der Waals surface area contributed by atoms with Crippen LogP contribution in [0.4, 0.5) is 0 Å². The third-order valence-corrected chi connectivity index (χ3v) is 6.80. The quantitative estimate of drug-likeness (QED) is 0.211. The number of unbranched alkanes of at least 4 members (excludes halogenated alkanes) is 9. The molecule has 1 heterocycles. The molecule has 0 aromatic carbocycles. The summed E-state index contributed by atoms with van der Waals surface area (Å²) in [4.78, 5) is 12.9. The second-order valence-electron chi connectivity index (χ2n) is 7.70. The van der Waals surface area contributed by atoms with Crippen molar-refractivity contribution >= 4 is 34.4 Å². The summed E-state index contributed by atoms with van der Waals surface area (Å²) >= 11 is 7.26. The fraction of sp³-hybridized carbons (Fsp3) is 0.696. The third kappa shape index (κ3) is 9.80. The Balaban J connectivity index is 2.40. The largest absolute Gasteiger partial charge is 0.481 e. The number of nitriles is 1. The van der Waals surface area contributed by atoms with Crippen LogP contribution in [0.5, 0.6) is 0 Å². The van der Waals surface area contributed by atoms with E-state index in [1.165, 1.54) is 51.4 Å². The maximum atomic E-state index is 11.1. The monoisotopic (exact) mass is 421 g/mol. The van der Waals surface area contributed by atoms with Crippen LogP contribution < -0.4 is 0 Å². The number of thiocarbonyl (C=S) groups is 1. The molecule has 5 heteroatoms. The molecule has 156 valence electrons. The lowest BCUT2D eigenvalue weighted by atomic mass is 9.76. The number of carbonyl (C=O) groups is 1. The number of rotatable bonds is 17. The van der Waals surface area contributed by atoms with Crippen LogP contribution >= 0.6 is 23.6 Å². The number of thiophene rings is 1. The molecular formula is C23H35NO2S2. The van der Waals surface area contributed by atoms with Gasteiger partial charge in [0.15, 0.2) is 0 Å². The zero-order valence-electron chi connectivity index (χ0n) is 17.3. The van der Waals surface area contributed by atoms with E-state index in [1.54, 1.807) is 11.3 Å². The highest BCUT2D eigenvalue weighted by Crippen LogP contribution is 2.34. The van der Waals surface area contributed by atoms with Gasteiger partial charge in [-0.25, -0.2) is 0 Å². The Morgan fingerprint density at radius 1 is 1.11 bits per heavy atom. The molecule has 0 spiro atoms. The van der Waals surface area contributed by atoms with E-state index in [1.807, 2.05) is 17.5 Å². The SMILES string of the molecule is CCCCCCCCCCCCC(=S)C(C#N)(CCC(=O)O)Cc1cccs1. The molecule has 28 heavy (non-hydrogen) atoms. The number of carboxylic acids is 1. The lowest BCUT2D eigenvalue weighted by Gasteiger charge is -2.27. The topological polar surface area (TPSA) is 61.1 Å². The van der Waals surface area contributed by atoms with E-state index in [9.17, 15) is 10.1 Å². The highest BCUT2D eigenvalue weighted by molar-refractivity contribution is 7.80. The van der Waals surface area contributed by atoms with Crippen molar-refractivity contribution in [3.05, 3.63) is 22.4 Å². The molecule has 3 nitrogen and oxygen atoms in total. The average molecular weight is 422 g/mol. The van der Waals surface area contributed by atoms with Gasteiger partial charge in [0.2, 0.25) is 0 Å². The number of nitrogens with zero attached hydrogens (tertiary/aromatic N) is 1. The van der Waals surface area contributed by atoms with Gasteiger partial charge >= 0.3 is 5.97 Å². The van der Waals surface area contributed by atoms with E-state index < -0.39 is 11.4 Å². The molecule has 0 saturated carbocycles. The second-order valence-corrected chi connectivity index (χ2v) is 9.22. The van der Waals surface area contributed by atoms with Gasteiger partial charge in [0.1, 0.15) is 0 Å². The molecular weight excluding hydrogens is 386 g/mol. The van der Waals surface area contributed by atoms with Gasteiger partial charge in [0, 0.05) is 22.6 Å². The minimum Gasteiger partial charge on any atom is -0.481 e. The third-order valence-electron chi connectivity index (χ3n) is 5.33. The normalized spacial score (nSPS) is 13.0. The Morgan fingerprint density at radius 2 is 1.71 bits per heavy atom. The lowest BCUT2D eigenvalue weighted by molar-refractivity contribution is -0.137. The number of aliphatic carboxylic acids is 1. The number of carboxylic acid groups (broad SMARTS) is 1. The summed E-state index contributed by atoms with van der Waals surface area (Å²) in [6.07, 6.45) is 14.2. The molecule has 1 N–H and O–H groups in total. The molecule has 1 atom stereocenters. The summed E-state index contributed by atoms with van der Waals surface area (Å²) in [5.41, 5.74) is -0.835. The lowest BCUT2D eigenvalue weighted by Crippen LogP contribution is -2.31. The van der Waals surface area contributed by atoms with Crippen molar-refractivity contribution in [3.63, 3.8) is 0 Å². The Kier molecular flexibility index (Phi) is 13.0. The Morgan fingerprint density at radius 3 is 2.21 bits per heavy atom. The minimum atomic E-state index is -0.868. The van der Waals surface area contributed by atoms with Crippen molar-refractivity contribution in [2.75, 3.05) is 0 Å². The maximum Gasteiger partial charge on any atom is 0.303 e. The summed E-state index contributed by atoms with van der Waals surface area (Å²) in [6.45, 7) is 2.24. The fourth-order valence-corrected chi connectivity index (χ4v) is 4.71. The summed E-state index contributed by atoms with van der Waals surface area (Å²) in [5, 5.41) is 21.0. The van der Waals surface area contributed by atoms with Crippen LogP contribution in [0, 0.1) is 16.7 Å². The first kappa shape index (κ1) is 24.8. The van der Waals surface area contributed by atoms with E-state index in [4.69, 9.17) is 17.3 Å². The molecule has 0 amide bonds. The van der Waals surface area contributed by atoms with Gasteiger partial charge in [-0.1, -0.05) is 83.0 Å². The zero-order valence-corrected chi connectivity index (χ0v) is 18.9. The van der Waals surface area contributed by atoms with Gasteiger partial charge in [-0.05, 0) is 30.7 Å². The maximum absolute atomic E-state index is 11.1. The van der Waals surface area contributed by atoms with Gasteiger partial charge in [-0.3, -0.25) is 4.79 Å². The second kappa shape index (κ2) is 14.7. The molecule has 0 bridgehead atoms. The van der Waals surface area contributed by atoms with Crippen LogP contribution in [0.2, 0.25) is 0 Å². The highest BCUT2D eigenvalue weighted by Gasteiger charge is 2.35. The molecule has 1 aromatic heterocycles. The summed E-state index contributed by atoms with van der Waals surface area (Å²) < 4.78 is 0. The smallest absolute Gasteiger partial charge is 0.303 e. The van der Waals surface area contributed by atoms with Crippen molar-refractivity contribution in [1.82, 2.24) is 0 Å². The zero-order chi connectivity index (χ0) is 20.7. The van der Waals surface area contributed by atoms with Gasteiger partial charge in [0.25, 0.3) is 0 Å². The van der Waals surface area contributed by atoms with Crippen LogP contribution in [-0.4, -0.2) is 15.9 Å². The fourth-order valence-electron chi connectivity index (χ4n) is 3.53. The van der Waals surface area contributed by atoms with Gasteiger partial charge in [0.05, 0.1) is 11.5 Å².